The van der Waals surface area contributed by atoms with Gasteiger partial charge in [-0.3, -0.25) is 4.79 Å². The third kappa shape index (κ3) is 3.48. The molecule has 116 valence electrons. The Morgan fingerprint density at radius 3 is 2.59 bits per heavy atom. The van der Waals surface area contributed by atoms with Crippen LogP contribution in [0.4, 0.5) is 5.69 Å². The van der Waals surface area contributed by atoms with E-state index in [-0.39, 0.29) is 5.91 Å². The fourth-order valence-electron chi connectivity index (χ4n) is 2.57. The van der Waals surface area contributed by atoms with E-state index in [9.17, 15) is 4.79 Å². The van der Waals surface area contributed by atoms with Crippen molar-refractivity contribution < 1.29 is 9.53 Å². The summed E-state index contributed by atoms with van der Waals surface area (Å²) in [6.07, 6.45) is 0. The Balaban J connectivity index is 1.62. The van der Waals surface area contributed by atoms with E-state index in [4.69, 9.17) is 4.74 Å². The minimum Gasteiger partial charge on any atom is -0.378 e. The highest BCUT2D eigenvalue weighted by atomic mass is 32.1. The molecule has 0 saturated carbocycles. The predicted octanol–water partition coefficient (Wildman–Crippen LogP) is 2.86. The number of thiophene rings is 1. The molecule has 0 unspecified atom stereocenters. The summed E-state index contributed by atoms with van der Waals surface area (Å²) in [5, 5.41) is 1.93. The molecule has 0 spiro atoms. The van der Waals surface area contributed by atoms with Crippen molar-refractivity contribution in [2.45, 2.75) is 6.54 Å². The fourth-order valence-corrected chi connectivity index (χ4v) is 3.29. The van der Waals surface area contributed by atoms with Gasteiger partial charge in [-0.1, -0.05) is 18.2 Å². The van der Waals surface area contributed by atoms with Crippen LogP contribution in [0.1, 0.15) is 15.2 Å². The number of carbonyl (C=O) groups is 1. The van der Waals surface area contributed by atoms with E-state index in [2.05, 4.69) is 29.2 Å². The molecule has 4 nitrogen and oxygen atoms in total. The molecule has 0 radical (unpaired) electrons. The average Bonchev–Trinajstić information content (AvgIpc) is 3.10. The quantitative estimate of drug-likeness (QED) is 0.869. The molecule has 22 heavy (non-hydrogen) atoms. The van der Waals surface area contributed by atoms with E-state index in [1.54, 1.807) is 4.90 Å². The first-order valence-electron chi connectivity index (χ1n) is 7.44. The largest absolute Gasteiger partial charge is 0.378 e. The van der Waals surface area contributed by atoms with Crippen molar-refractivity contribution >= 4 is 22.9 Å². The van der Waals surface area contributed by atoms with E-state index in [1.165, 1.54) is 17.0 Å². The summed E-state index contributed by atoms with van der Waals surface area (Å²) in [4.78, 5) is 17.1. The van der Waals surface area contributed by atoms with E-state index >= 15 is 0 Å². The third-order valence-electron chi connectivity index (χ3n) is 3.81. The van der Waals surface area contributed by atoms with Crippen molar-refractivity contribution in [1.82, 2.24) is 4.90 Å². The van der Waals surface area contributed by atoms with Gasteiger partial charge in [0.25, 0.3) is 5.91 Å². The van der Waals surface area contributed by atoms with Crippen LogP contribution < -0.4 is 4.90 Å². The van der Waals surface area contributed by atoms with Gasteiger partial charge in [0.2, 0.25) is 0 Å². The molecule has 0 bridgehead atoms. The molecule has 1 aromatic carbocycles. The van der Waals surface area contributed by atoms with Crippen molar-refractivity contribution in [3.05, 3.63) is 52.2 Å². The molecule has 0 atom stereocenters. The lowest BCUT2D eigenvalue weighted by molar-refractivity contribution is 0.0790. The Bertz CT molecular complexity index is 604. The molecule has 5 heteroatoms. The zero-order chi connectivity index (χ0) is 15.4. The number of rotatable bonds is 4. The molecule has 1 fully saturated rings. The first-order chi connectivity index (χ1) is 10.7. The van der Waals surface area contributed by atoms with Gasteiger partial charge < -0.3 is 14.5 Å². The molecular formula is C17H20N2O2S. The minimum atomic E-state index is 0.0762. The van der Waals surface area contributed by atoms with Gasteiger partial charge >= 0.3 is 0 Å². The highest BCUT2D eigenvalue weighted by Gasteiger charge is 2.14. The van der Waals surface area contributed by atoms with Crippen LogP contribution in [0.3, 0.4) is 0 Å². The van der Waals surface area contributed by atoms with E-state index in [1.807, 2.05) is 24.6 Å². The van der Waals surface area contributed by atoms with Crippen LogP contribution in [-0.2, 0) is 11.3 Å². The first-order valence-corrected chi connectivity index (χ1v) is 8.32. The van der Waals surface area contributed by atoms with Gasteiger partial charge in [0.1, 0.15) is 0 Å². The SMILES string of the molecule is CN(Cc1ccc(N2CCOCC2)cc1)C(=O)c1cccs1. The summed E-state index contributed by atoms with van der Waals surface area (Å²) in [7, 11) is 1.85. The Labute approximate surface area is 134 Å². The van der Waals surface area contributed by atoms with Gasteiger partial charge in [0, 0.05) is 32.4 Å². The van der Waals surface area contributed by atoms with Crippen LogP contribution in [0.25, 0.3) is 0 Å². The van der Waals surface area contributed by atoms with Crippen LogP contribution in [-0.4, -0.2) is 44.2 Å². The molecule has 1 aliphatic rings. The number of anilines is 1. The van der Waals surface area contributed by atoms with Crippen LogP contribution in [0.2, 0.25) is 0 Å². The zero-order valence-corrected chi connectivity index (χ0v) is 13.5. The smallest absolute Gasteiger partial charge is 0.263 e. The summed E-state index contributed by atoms with van der Waals surface area (Å²) in [5.41, 5.74) is 2.36. The summed E-state index contributed by atoms with van der Waals surface area (Å²) >= 11 is 1.48. The number of hydrogen-bond donors (Lipinski definition) is 0. The molecule has 0 N–H and O–H groups in total. The number of hydrogen-bond acceptors (Lipinski definition) is 4. The second kappa shape index (κ2) is 6.94. The van der Waals surface area contributed by atoms with Gasteiger partial charge in [-0.2, -0.15) is 0 Å². The highest BCUT2D eigenvalue weighted by molar-refractivity contribution is 7.12. The lowest BCUT2D eigenvalue weighted by Gasteiger charge is -2.29. The number of morpholine rings is 1. The van der Waals surface area contributed by atoms with Crippen LogP contribution in [0.15, 0.2) is 41.8 Å². The van der Waals surface area contributed by atoms with Gasteiger partial charge in [0.15, 0.2) is 0 Å². The Morgan fingerprint density at radius 1 is 1.23 bits per heavy atom. The van der Waals surface area contributed by atoms with Crippen molar-refractivity contribution in [1.29, 1.82) is 0 Å². The summed E-state index contributed by atoms with van der Waals surface area (Å²) in [6.45, 7) is 4.09. The minimum absolute atomic E-state index is 0.0762. The summed E-state index contributed by atoms with van der Waals surface area (Å²) < 4.78 is 5.37. The number of ether oxygens (including phenoxy) is 1. The molecule has 1 amide bonds. The van der Waals surface area contributed by atoms with E-state index in [0.29, 0.717) is 6.54 Å². The molecule has 2 aromatic rings. The zero-order valence-electron chi connectivity index (χ0n) is 12.7. The van der Waals surface area contributed by atoms with Gasteiger partial charge in [-0.05, 0) is 29.1 Å². The summed E-state index contributed by atoms with van der Waals surface area (Å²) in [6, 6.07) is 12.2. The normalized spacial score (nSPS) is 14.9. The first kappa shape index (κ1) is 15.1. The Kier molecular flexibility index (Phi) is 4.75. The molecule has 1 saturated heterocycles. The standard InChI is InChI=1S/C17H20N2O2S/c1-18(17(20)16-3-2-12-22-16)13-14-4-6-15(7-5-14)19-8-10-21-11-9-19/h2-7,12H,8-11,13H2,1H3. The van der Waals surface area contributed by atoms with Crippen molar-refractivity contribution in [3.63, 3.8) is 0 Å². The van der Waals surface area contributed by atoms with E-state index < -0.39 is 0 Å². The predicted molar refractivity (Wildman–Crippen MR) is 89.6 cm³/mol. The maximum Gasteiger partial charge on any atom is 0.263 e. The lowest BCUT2D eigenvalue weighted by atomic mass is 10.1. The van der Waals surface area contributed by atoms with Crippen LogP contribution in [0.5, 0.6) is 0 Å². The number of nitrogens with zero attached hydrogens (tertiary/aromatic N) is 2. The number of benzene rings is 1. The third-order valence-corrected chi connectivity index (χ3v) is 4.67. The van der Waals surface area contributed by atoms with Gasteiger partial charge in [-0.25, -0.2) is 0 Å². The van der Waals surface area contributed by atoms with Gasteiger partial charge in [0.05, 0.1) is 18.1 Å². The van der Waals surface area contributed by atoms with Crippen LogP contribution in [0, 0.1) is 0 Å². The second-order valence-electron chi connectivity index (χ2n) is 5.40. The lowest BCUT2D eigenvalue weighted by Crippen LogP contribution is -2.36. The Morgan fingerprint density at radius 2 is 1.95 bits per heavy atom. The molecule has 1 aliphatic heterocycles. The monoisotopic (exact) mass is 316 g/mol. The van der Waals surface area contributed by atoms with Crippen molar-refractivity contribution in [3.8, 4) is 0 Å². The molecule has 3 rings (SSSR count). The van der Waals surface area contributed by atoms with E-state index in [0.717, 1.165) is 36.7 Å². The fraction of sp³-hybridized carbons (Fsp3) is 0.353. The van der Waals surface area contributed by atoms with Crippen LogP contribution >= 0.6 is 11.3 Å². The maximum absolute atomic E-state index is 12.2. The molecule has 2 heterocycles. The topological polar surface area (TPSA) is 32.8 Å². The average molecular weight is 316 g/mol. The molecular weight excluding hydrogens is 296 g/mol. The Hall–Kier alpha value is -1.85. The highest BCUT2D eigenvalue weighted by Crippen LogP contribution is 2.18. The number of carbonyl (C=O) groups excluding carboxylic acids is 1. The van der Waals surface area contributed by atoms with Gasteiger partial charge in [-0.15, -0.1) is 11.3 Å². The number of amides is 1. The molecule has 0 aliphatic carbocycles. The maximum atomic E-state index is 12.2. The van der Waals surface area contributed by atoms with Crippen molar-refractivity contribution in [2.24, 2.45) is 0 Å². The van der Waals surface area contributed by atoms with Crippen molar-refractivity contribution in [2.75, 3.05) is 38.3 Å². The summed E-state index contributed by atoms with van der Waals surface area (Å²) in [5.74, 6) is 0.0762. The molecule has 1 aromatic heterocycles. The second-order valence-corrected chi connectivity index (χ2v) is 6.35.